The zero-order chi connectivity index (χ0) is 15.9. The fourth-order valence-corrected chi connectivity index (χ4v) is 1.88. The SMILES string of the molecule is O=C(Nc1ccccc1)Nc1ccc(NCc2ccco2)nn1. The molecule has 7 nitrogen and oxygen atoms in total. The first kappa shape index (κ1) is 14.6. The molecule has 0 spiro atoms. The van der Waals surface area contributed by atoms with Gasteiger partial charge in [0.1, 0.15) is 11.6 Å². The molecule has 0 aliphatic rings. The molecule has 0 aliphatic carbocycles. The Balaban J connectivity index is 1.51. The molecule has 3 N–H and O–H groups in total. The molecule has 116 valence electrons. The molecule has 0 radical (unpaired) electrons. The van der Waals surface area contributed by atoms with Crippen LogP contribution in [0.5, 0.6) is 0 Å². The summed E-state index contributed by atoms with van der Waals surface area (Å²) in [5, 5.41) is 16.3. The van der Waals surface area contributed by atoms with E-state index in [0.717, 1.165) is 5.76 Å². The number of hydrogen-bond donors (Lipinski definition) is 3. The number of rotatable bonds is 5. The number of furan rings is 1. The minimum Gasteiger partial charge on any atom is -0.467 e. The fourth-order valence-electron chi connectivity index (χ4n) is 1.88. The van der Waals surface area contributed by atoms with Crippen molar-refractivity contribution in [2.75, 3.05) is 16.0 Å². The zero-order valence-electron chi connectivity index (χ0n) is 12.2. The highest BCUT2D eigenvalue weighted by atomic mass is 16.3. The van der Waals surface area contributed by atoms with E-state index in [2.05, 4.69) is 26.1 Å². The van der Waals surface area contributed by atoms with Crippen LogP contribution in [-0.4, -0.2) is 16.2 Å². The first-order valence-corrected chi connectivity index (χ1v) is 7.02. The predicted octanol–water partition coefficient (Wildman–Crippen LogP) is 3.33. The Bertz CT molecular complexity index is 742. The van der Waals surface area contributed by atoms with Crippen LogP contribution >= 0.6 is 0 Å². The first-order chi connectivity index (χ1) is 11.3. The maximum Gasteiger partial charge on any atom is 0.324 e. The normalized spacial score (nSPS) is 10.1. The van der Waals surface area contributed by atoms with Crippen LogP contribution in [-0.2, 0) is 6.54 Å². The van der Waals surface area contributed by atoms with Crippen LogP contribution < -0.4 is 16.0 Å². The predicted molar refractivity (Wildman–Crippen MR) is 87.2 cm³/mol. The molecular weight excluding hydrogens is 294 g/mol. The van der Waals surface area contributed by atoms with E-state index in [9.17, 15) is 4.79 Å². The van der Waals surface area contributed by atoms with E-state index < -0.39 is 0 Å². The monoisotopic (exact) mass is 309 g/mol. The number of aromatic nitrogens is 2. The standard InChI is InChI=1S/C16H15N5O2/c22-16(18-12-5-2-1-3-6-12)19-15-9-8-14(20-21-15)17-11-13-7-4-10-23-13/h1-10H,11H2,(H,17,20)(H2,18,19,21,22). The summed E-state index contributed by atoms with van der Waals surface area (Å²) in [7, 11) is 0. The van der Waals surface area contributed by atoms with Crippen molar-refractivity contribution >= 4 is 23.4 Å². The summed E-state index contributed by atoms with van der Waals surface area (Å²) in [6.07, 6.45) is 1.61. The molecule has 2 amide bonds. The highest BCUT2D eigenvalue weighted by molar-refractivity contribution is 5.99. The van der Waals surface area contributed by atoms with Crippen molar-refractivity contribution in [3.8, 4) is 0 Å². The minimum absolute atomic E-state index is 0.363. The van der Waals surface area contributed by atoms with Gasteiger partial charge in [-0.05, 0) is 36.4 Å². The van der Waals surface area contributed by atoms with E-state index in [4.69, 9.17) is 4.42 Å². The Kier molecular flexibility index (Phi) is 4.49. The molecule has 0 saturated carbocycles. The van der Waals surface area contributed by atoms with Gasteiger partial charge in [0.05, 0.1) is 12.8 Å². The second-order valence-electron chi connectivity index (χ2n) is 4.68. The second kappa shape index (κ2) is 7.08. The molecule has 2 heterocycles. The second-order valence-corrected chi connectivity index (χ2v) is 4.68. The molecule has 0 aliphatic heterocycles. The molecule has 3 rings (SSSR count). The van der Waals surface area contributed by atoms with E-state index in [1.54, 1.807) is 30.5 Å². The van der Waals surface area contributed by atoms with Gasteiger partial charge >= 0.3 is 6.03 Å². The molecular formula is C16H15N5O2. The molecule has 0 saturated heterocycles. The van der Waals surface area contributed by atoms with E-state index in [0.29, 0.717) is 23.9 Å². The van der Waals surface area contributed by atoms with Gasteiger partial charge in [0.25, 0.3) is 0 Å². The van der Waals surface area contributed by atoms with Crippen molar-refractivity contribution < 1.29 is 9.21 Å². The molecule has 0 fully saturated rings. The van der Waals surface area contributed by atoms with Gasteiger partial charge in [-0.1, -0.05) is 18.2 Å². The topological polar surface area (TPSA) is 92.1 Å². The summed E-state index contributed by atoms with van der Waals surface area (Å²) in [6.45, 7) is 0.517. The number of para-hydroxylation sites is 1. The fraction of sp³-hybridized carbons (Fsp3) is 0.0625. The lowest BCUT2D eigenvalue weighted by Gasteiger charge is -2.07. The van der Waals surface area contributed by atoms with E-state index >= 15 is 0 Å². The summed E-state index contributed by atoms with van der Waals surface area (Å²) in [6, 6.07) is 15.9. The van der Waals surface area contributed by atoms with Crippen LogP contribution in [0.25, 0.3) is 0 Å². The van der Waals surface area contributed by atoms with Crippen molar-refractivity contribution in [1.82, 2.24) is 10.2 Å². The van der Waals surface area contributed by atoms with Crippen LogP contribution in [0.1, 0.15) is 5.76 Å². The number of nitrogens with one attached hydrogen (secondary N) is 3. The Morgan fingerprint density at radius 2 is 1.70 bits per heavy atom. The number of urea groups is 1. The van der Waals surface area contributed by atoms with E-state index in [1.165, 1.54) is 0 Å². The average Bonchev–Trinajstić information content (AvgIpc) is 3.08. The third-order valence-electron chi connectivity index (χ3n) is 2.96. The Morgan fingerprint density at radius 3 is 2.39 bits per heavy atom. The summed E-state index contributed by atoms with van der Waals surface area (Å²) < 4.78 is 5.21. The molecule has 7 heteroatoms. The molecule has 0 unspecified atom stereocenters. The van der Waals surface area contributed by atoms with Gasteiger partial charge < -0.3 is 15.1 Å². The van der Waals surface area contributed by atoms with Gasteiger partial charge in [-0.25, -0.2) is 4.79 Å². The summed E-state index contributed by atoms with van der Waals surface area (Å²) in [4.78, 5) is 11.8. The maximum atomic E-state index is 11.8. The maximum absolute atomic E-state index is 11.8. The van der Waals surface area contributed by atoms with E-state index in [-0.39, 0.29) is 6.03 Å². The Morgan fingerprint density at radius 1 is 0.913 bits per heavy atom. The Labute approximate surface area is 132 Å². The summed E-state index contributed by atoms with van der Waals surface area (Å²) in [5.41, 5.74) is 0.703. The number of benzene rings is 1. The van der Waals surface area contributed by atoms with Crippen LogP contribution in [0.4, 0.5) is 22.1 Å². The first-order valence-electron chi connectivity index (χ1n) is 7.02. The number of carbonyl (C=O) groups excluding carboxylic acids is 1. The molecule has 1 aromatic carbocycles. The molecule has 0 atom stereocenters. The largest absolute Gasteiger partial charge is 0.467 e. The average molecular weight is 309 g/mol. The summed E-state index contributed by atoms with van der Waals surface area (Å²) in [5.74, 6) is 1.76. The number of carbonyl (C=O) groups is 1. The number of nitrogens with zero attached hydrogens (tertiary/aromatic N) is 2. The molecule has 3 aromatic rings. The molecule has 2 aromatic heterocycles. The van der Waals surface area contributed by atoms with Crippen LogP contribution in [0, 0.1) is 0 Å². The third kappa shape index (κ3) is 4.31. The number of amides is 2. The van der Waals surface area contributed by atoms with Gasteiger partial charge in [0, 0.05) is 5.69 Å². The minimum atomic E-state index is -0.373. The number of hydrogen-bond acceptors (Lipinski definition) is 5. The molecule has 23 heavy (non-hydrogen) atoms. The van der Waals surface area contributed by atoms with Gasteiger partial charge in [-0.15, -0.1) is 10.2 Å². The highest BCUT2D eigenvalue weighted by Gasteiger charge is 2.04. The van der Waals surface area contributed by atoms with Crippen LogP contribution in [0.3, 0.4) is 0 Å². The van der Waals surface area contributed by atoms with Crippen molar-refractivity contribution in [2.24, 2.45) is 0 Å². The zero-order valence-corrected chi connectivity index (χ0v) is 12.2. The lowest BCUT2D eigenvalue weighted by atomic mass is 10.3. The highest BCUT2D eigenvalue weighted by Crippen LogP contribution is 2.10. The van der Waals surface area contributed by atoms with Crippen molar-refractivity contribution in [3.63, 3.8) is 0 Å². The van der Waals surface area contributed by atoms with Crippen LogP contribution in [0.15, 0.2) is 65.3 Å². The number of anilines is 3. The third-order valence-corrected chi connectivity index (χ3v) is 2.96. The van der Waals surface area contributed by atoms with Crippen molar-refractivity contribution in [2.45, 2.75) is 6.54 Å². The quantitative estimate of drug-likeness (QED) is 0.672. The summed E-state index contributed by atoms with van der Waals surface area (Å²) >= 11 is 0. The lowest BCUT2D eigenvalue weighted by molar-refractivity contribution is 0.262. The Hall–Kier alpha value is -3.35. The lowest BCUT2D eigenvalue weighted by Crippen LogP contribution is -2.20. The molecule has 0 bridgehead atoms. The smallest absolute Gasteiger partial charge is 0.324 e. The van der Waals surface area contributed by atoms with Crippen LogP contribution in [0.2, 0.25) is 0 Å². The van der Waals surface area contributed by atoms with Crippen molar-refractivity contribution in [3.05, 3.63) is 66.6 Å². The van der Waals surface area contributed by atoms with Gasteiger partial charge in [0.2, 0.25) is 0 Å². The van der Waals surface area contributed by atoms with Gasteiger partial charge in [-0.3, -0.25) is 5.32 Å². The van der Waals surface area contributed by atoms with Gasteiger partial charge in [-0.2, -0.15) is 0 Å². The van der Waals surface area contributed by atoms with Crippen molar-refractivity contribution in [1.29, 1.82) is 0 Å². The van der Waals surface area contributed by atoms with Gasteiger partial charge in [0.15, 0.2) is 5.82 Å². The van der Waals surface area contributed by atoms with E-state index in [1.807, 2.05) is 30.3 Å².